The molecule has 0 saturated heterocycles. The van der Waals surface area contributed by atoms with Crippen LogP contribution in [0.25, 0.3) is 0 Å². The Morgan fingerprint density at radius 3 is 2.30 bits per heavy atom. The van der Waals surface area contributed by atoms with Crippen LogP contribution in [-0.4, -0.2) is 37.1 Å². The van der Waals surface area contributed by atoms with Crippen LogP contribution in [0.5, 0.6) is 11.6 Å². The number of nitrogens with zero attached hydrogens (tertiary/aromatic N) is 2. The molecular weight excluding hydrogens is 418 g/mol. The lowest BCUT2D eigenvalue weighted by Crippen LogP contribution is -2.36. The average molecular weight is 436 g/mol. The smallest absolute Gasteiger partial charge is 0.468 e. The molecular formula is C18H18F6N4O2. The highest BCUT2D eigenvalue weighted by Crippen LogP contribution is 2.26. The zero-order chi connectivity index (χ0) is 22.2. The van der Waals surface area contributed by atoms with Gasteiger partial charge in [-0.1, -0.05) is 24.3 Å². The molecule has 0 aliphatic heterocycles. The molecule has 0 spiro atoms. The van der Waals surface area contributed by atoms with E-state index >= 15 is 0 Å². The van der Waals surface area contributed by atoms with Gasteiger partial charge in [0.15, 0.2) is 12.6 Å². The number of pyridine rings is 1. The van der Waals surface area contributed by atoms with Crippen molar-refractivity contribution in [2.24, 2.45) is 4.99 Å². The highest BCUT2D eigenvalue weighted by atomic mass is 19.4. The summed E-state index contributed by atoms with van der Waals surface area (Å²) in [7, 11) is 1.47. The summed E-state index contributed by atoms with van der Waals surface area (Å²) in [5.74, 6) is -0.208. The van der Waals surface area contributed by atoms with Gasteiger partial charge < -0.3 is 20.1 Å². The monoisotopic (exact) mass is 436 g/mol. The molecule has 0 aliphatic rings. The van der Waals surface area contributed by atoms with Crippen LogP contribution in [0.15, 0.2) is 47.6 Å². The van der Waals surface area contributed by atoms with Crippen molar-refractivity contribution in [3.63, 3.8) is 0 Å². The van der Waals surface area contributed by atoms with Crippen LogP contribution in [0.1, 0.15) is 11.1 Å². The maximum Gasteiger partial charge on any atom is 0.573 e. The Morgan fingerprint density at radius 1 is 1.00 bits per heavy atom. The first-order chi connectivity index (χ1) is 14.1. The van der Waals surface area contributed by atoms with Gasteiger partial charge in [-0.3, -0.25) is 4.99 Å². The number of alkyl halides is 6. The van der Waals surface area contributed by atoms with Gasteiger partial charge in [-0.05, 0) is 11.6 Å². The van der Waals surface area contributed by atoms with Crippen LogP contribution in [0.2, 0.25) is 0 Å². The molecule has 12 heteroatoms. The van der Waals surface area contributed by atoms with E-state index in [1.807, 2.05) is 0 Å². The molecule has 1 aromatic heterocycles. The number of aliphatic imine (C=N–C) groups is 1. The topological polar surface area (TPSA) is 67.8 Å². The number of guanidine groups is 1. The van der Waals surface area contributed by atoms with Crippen LogP contribution in [0, 0.1) is 0 Å². The van der Waals surface area contributed by atoms with E-state index in [0.717, 1.165) is 0 Å². The van der Waals surface area contributed by atoms with E-state index in [2.05, 4.69) is 30.1 Å². The Morgan fingerprint density at radius 2 is 1.70 bits per heavy atom. The van der Waals surface area contributed by atoms with Gasteiger partial charge in [-0.15, -0.1) is 13.2 Å². The van der Waals surface area contributed by atoms with Crippen LogP contribution < -0.4 is 20.1 Å². The summed E-state index contributed by atoms with van der Waals surface area (Å²) in [6, 6.07) is 8.49. The molecule has 2 rings (SSSR count). The summed E-state index contributed by atoms with van der Waals surface area (Å²) in [6.07, 6.45) is -7.93. The largest absolute Gasteiger partial charge is 0.573 e. The first-order valence-electron chi connectivity index (χ1n) is 8.48. The molecule has 164 valence electrons. The molecule has 6 nitrogen and oxygen atoms in total. The van der Waals surface area contributed by atoms with Crippen molar-refractivity contribution >= 4 is 5.96 Å². The Labute approximate surface area is 167 Å². The summed E-state index contributed by atoms with van der Waals surface area (Å²) >= 11 is 0. The van der Waals surface area contributed by atoms with E-state index < -0.39 is 19.1 Å². The highest BCUT2D eigenvalue weighted by molar-refractivity contribution is 5.79. The number of nitrogens with one attached hydrogen (secondary N) is 2. The van der Waals surface area contributed by atoms with Crippen molar-refractivity contribution in [1.29, 1.82) is 0 Å². The number of hydrogen-bond acceptors (Lipinski definition) is 4. The Bertz CT molecular complexity index is 838. The van der Waals surface area contributed by atoms with Crippen LogP contribution >= 0.6 is 0 Å². The third-order valence-electron chi connectivity index (χ3n) is 3.51. The molecule has 0 saturated carbocycles. The highest BCUT2D eigenvalue weighted by Gasteiger charge is 2.32. The molecule has 0 fully saturated rings. The van der Waals surface area contributed by atoms with Gasteiger partial charge in [-0.2, -0.15) is 13.2 Å². The van der Waals surface area contributed by atoms with Gasteiger partial charge in [0, 0.05) is 38.0 Å². The molecule has 0 aliphatic carbocycles. The van der Waals surface area contributed by atoms with Crippen molar-refractivity contribution < 1.29 is 35.8 Å². The molecule has 30 heavy (non-hydrogen) atoms. The summed E-state index contributed by atoms with van der Waals surface area (Å²) in [6.45, 7) is -1.21. The van der Waals surface area contributed by atoms with Crippen molar-refractivity contribution in [3.05, 3.63) is 53.7 Å². The Balaban J connectivity index is 1.87. The fourth-order valence-corrected chi connectivity index (χ4v) is 2.22. The lowest BCUT2D eigenvalue weighted by molar-refractivity contribution is -0.274. The number of aromatic nitrogens is 1. The molecule has 0 bridgehead atoms. The quantitative estimate of drug-likeness (QED) is 0.393. The lowest BCUT2D eigenvalue weighted by Gasteiger charge is -2.15. The van der Waals surface area contributed by atoms with Crippen molar-refractivity contribution in [1.82, 2.24) is 15.6 Å². The zero-order valence-electron chi connectivity index (χ0n) is 15.6. The summed E-state index contributed by atoms with van der Waals surface area (Å²) < 4.78 is 82.3. The Hall–Kier alpha value is -3.18. The minimum absolute atomic E-state index is 0.00833. The SMILES string of the molecule is CN=C(NCc1ccc(OCC(F)(F)F)nc1)NCc1ccccc1OC(F)(F)F. The van der Waals surface area contributed by atoms with Gasteiger partial charge in [0.25, 0.3) is 0 Å². The fourth-order valence-electron chi connectivity index (χ4n) is 2.22. The number of benzene rings is 1. The predicted molar refractivity (Wildman–Crippen MR) is 96.0 cm³/mol. The minimum atomic E-state index is -4.81. The van der Waals surface area contributed by atoms with E-state index in [1.165, 1.54) is 43.6 Å². The number of ether oxygens (including phenoxy) is 2. The zero-order valence-corrected chi connectivity index (χ0v) is 15.6. The fraction of sp³-hybridized carbons (Fsp3) is 0.333. The van der Waals surface area contributed by atoms with Crippen LogP contribution in [0.3, 0.4) is 0 Å². The van der Waals surface area contributed by atoms with Gasteiger partial charge in [0.05, 0.1) is 0 Å². The summed E-state index contributed by atoms with van der Waals surface area (Å²) in [5.41, 5.74) is 0.892. The molecule has 2 aromatic rings. The average Bonchev–Trinajstić information content (AvgIpc) is 2.67. The second-order valence-corrected chi connectivity index (χ2v) is 5.84. The Kier molecular flexibility index (Phi) is 7.72. The van der Waals surface area contributed by atoms with Gasteiger partial charge >= 0.3 is 12.5 Å². The van der Waals surface area contributed by atoms with Crippen LogP contribution in [0.4, 0.5) is 26.3 Å². The van der Waals surface area contributed by atoms with Gasteiger partial charge in [0.2, 0.25) is 5.88 Å². The van der Waals surface area contributed by atoms with E-state index in [4.69, 9.17) is 0 Å². The molecule has 1 aromatic carbocycles. The predicted octanol–water partition coefficient (Wildman–Crippen LogP) is 3.79. The maximum atomic E-state index is 12.5. The summed E-state index contributed by atoms with van der Waals surface area (Å²) in [4.78, 5) is 7.74. The lowest BCUT2D eigenvalue weighted by atomic mass is 10.2. The molecule has 0 amide bonds. The summed E-state index contributed by atoms with van der Waals surface area (Å²) in [5, 5.41) is 5.77. The maximum absolute atomic E-state index is 12.5. The second kappa shape index (κ2) is 10.0. The van der Waals surface area contributed by atoms with Crippen molar-refractivity contribution in [3.8, 4) is 11.6 Å². The van der Waals surface area contributed by atoms with E-state index in [0.29, 0.717) is 5.56 Å². The second-order valence-electron chi connectivity index (χ2n) is 5.84. The molecule has 2 N–H and O–H groups in total. The number of para-hydroxylation sites is 1. The van der Waals surface area contributed by atoms with Crippen LogP contribution in [-0.2, 0) is 13.1 Å². The van der Waals surface area contributed by atoms with E-state index in [-0.39, 0.29) is 36.2 Å². The third-order valence-corrected chi connectivity index (χ3v) is 3.51. The first-order valence-corrected chi connectivity index (χ1v) is 8.48. The van der Waals surface area contributed by atoms with Crippen molar-refractivity contribution in [2.45, 2.75) is 25.6 Å². The van der Waals surface area contributed by atoms with E-state index in [1.54, 1.807) is 6.07 Å². The third kappa shape index (κ3) is 8.45. The van der Waals surface area contributed by atoms with Gasteiger partial charge in [-0.25, -0.2) is 4.98 Å². The van der Waals surface area contributed by atoms with Crippen molar-refractivity contribution in [2.75, 3.05) is 13.7 Å². The number of halogens is 6. The first kappa shape index (κ1) is 23.1. The molecule has 0 radical (unpaired) electrons. The minimum Gasteiger partial charge on any atom is -0.468 e. The van der Waals surface area contributed by atoms with E-state index in [9.17, 15) is 26.3 Å². The van der Waals surface area contributed by atoms with Gasteiger partial charge in [0.1, 0.15) is 5.75 Å². The molecule has 0 atom stereocenters. The molecule has 0 unspecified atom stereocenters. The number of rotatable bonds is 7. The number of hydrogen-bond donors (Lipinski definition) is 2. The molecule has 1 heterocycles. The normalized spacial score (nSPS) is 12.4. The standard InChI is InChI=1S/C18H18F6N4O2/c1-25-16(28-10-13-4-2-3-5-14(13)30-18(22,23)24)27-9-12-6-7-15(26-8-12)29-11-17(19,20)21/h2-8H,9-11H2,1H3,(H2,25,27,28).